The molecule has 0 saturated carbocycles. The molecule has 0 radical (unpaired) electrons. The molecule has 50 valence electrons. The van der Waals surface area contributed by atoms with Crippen molar-refractivity contribution in [1.29, 1.82) is 0 Å². The first-order valence-electron chi connectivity index (χ1n) is 2.69. The van der Waals surface area contributed by atoms with Gasteiger partial charge in [-0.2, -0.15) is 0 Å². The Bertz CT molecular complexity index is 194. The van der Waals surface area contributed by atoms with Crippen molar-refractivity contribution in [3.05, 3.63) is 5.82 Å². The minimum atomic E-state index is 0.214. The minimum Gasteiger partial charge on any atom is -0.395 e. The molecule has 1 heterocycles. The van der Waals surface area contributed by atoms with Gasteiger partial charge in [0.15, 0.2) is 5.82 Å². The van der Waals surface area contributed by atoms with Gasteiger partial charge in [0.05, 0.1) is 0 Å². The molecular formula is C4H8N4O. The Morgan fingerprint density at radius 2 is 2.22 bits per heavy atom. The normalized spacial score (nSPS) is 10.6. The van der Waals surface area contributed by atoms with E-state index < -0.39 is 0 Å². The number of aromatic nitrogens is 4. The number of hydrogen-bond donors (Lipinski definition) is 1. The van der Waals surface area contributed by atoms with Crippen LogP contribution in [0.5, 0.6) is 0 Å². The smallest absolute Gasteiger partial charge is 0.181 e. The molecule has 0 bridgehead atoms. The van der Waals surface area contributed by atoms with Crippen LogP contribution < -0.4 is 0 Å². The van der Waals surface area contributed by atoms with Crippen LogP contribution in [0.4, 0.5) is 0 Å². The van der Waals surface area contributed by atoms with E-state index >= 15 is 0 Å². The summed E-state index contributed by atoms with van der Waals surface area (Å²) in [5.41, 5.74) is 0. The molecule has 0 atom stereocenters. The zero-order chi connectivity index (χ0) is 6.85. The van der Waals surface area contributed by atoms with E-state index in [-0.39, 0.29) is 5.92 Å². The summed E-state index contributed by atoms with van der Waals surface area (Å²) in [5, 5.41) is 18.9. The first-order chi connectivity index (χ1) is 4.20. The summed E-state index contributed by atoms with van der Waals surface area (Å²) in [5.74, 6) is 0.767. The first kappa shape index (κ1) is 6.00. The van der Waals surface area contributed by atoms with E-state index in [1.54, 1.807) is 0 Å². The van der Waals surface area contributed by atoms with Gasteiger partial charge in [-0.05, 0) is 5.21 Å². The Kier molecular flexibility index (Phi) is 1.33. The van der Waals surface area contributed by atoms with E-state index in [9.17, 15) is 0 Å². The predicted molar refractivity (Wildman–Crippen MR) is 29.1 cm³/mol. The van der Waals surface area contributed by atoms with E-state index in [0.717, 1.165) is 0 Å². The van der Waals surface area contributed by atoms with Gasteiger partial charge >= 0.3 is 0 Å². The molecule has 1 aromatic heterocycles. The van der Waals surface area contributed by atoms with Gasteiger partial charge in [0.2, 0.25) is 0 Å². The Balaban J connectivity index is 2.85. The van der Waals surface area contributed by atoms with Gasteiger partial charge < -0.3 is 5.21 Å². The molecule has 9 heavy (non-hydrogen) atoms. The molecule has 0 aliphatic carbocycles. The van der Waals surface area contributed by atoms with Gasteiger partial charge in [0, 0.05) is 10.9 Å². The minimum absolute atomic E-state index is 0.214. The second-order valence-electron chi connectivity index (χ2n) is 2.07. The molecule has 5 nitrogen and oxygen atoms in total. The molecule has 1 rings (SSSR count). The molecule has 0 amide bonds. The van der Waals surface area contributed by atoms with Gasteiger partial charge in [-0.25, -0.2) is 0 Å². The summed E-state index contributed by atoms with van der Waals surface area (Å²) >= 11 is 0. The van der Waals surface area contributed by atoms with E-state index in [1.807, 2.05) is 13.8 Å². The van der Waals surface area contributed by atoms with Crippen LogP contribution >= 0.6 is 0 Å². The third-order valence-corrected chi connectivity index (χ3v) is 0.935. The highest BCUT2D eigenvalue weighted by Crippen LogP contribution is 2.04. The van der Waals surface area contributed by atoms with Crippen molar-refractivity contribution < 1.29 is 5.21 Å². The summed E-state index contributed by atoms with van der Waals surface area (Å²) in [7, 11) is 0. The molecule has 1 N–H and O–H groups in total. The Morgan fingerprint density at radius 3 is 2.44 bits per heavy atom. The van der Waals surface area contributed by atoms with E-state index in [2.05, 4.69) is 15.4 Å². The summed E-state index contributed by atoms with van der Waals surface area (Å²) in [4.78, 5) is 0.468. The van der Waals surface area contributed by atoms with Crippen LogP contribution in [-0.2, 0) is 0 Å². The number of tetrazole rings is 1. The van der Waals surface area contributed by atoms with Crippen molar-refractivity contribution in [2.75, 3.05) is 0 Å². The zero-order valence-corrected chi connectivity index (χ0v) is 5.31. The third kappa shape index (κ3) is 1.16. The third-order valence-electron chi connectivity index (χ3n) is 0.935. The van der Waals surface area contributed by atoms with Crippen molar-refractivity contribution in [3.63, 3.8) is 0 Å². The van der Waals surface area contributed by atoms with Crippen LogP contribution in [0, 0.1) is 0 Å². The average molecular weight is 128 g/mol. The highest BCUT2D eigenvalue weighted by molar-refractivity contribution is 4.83. The number of rotatable bonds is 1. The molecule has 0 aromatic carbocycles. The summed E-state index contributed by atoms with van der Waals surface area (Å²) < 4.78 is 0. The summed E-state index contributed by atoms with van der Waals surface area (Å²) in [6.45, 7) is 3.86. The molecule has 0 unspecified atom stereocenters. The number of hydrogen-bond acceptors (Lipinski definition) is 4. The van der Waals surface area contributed by atoms with E-state index in [4.69, 9.17) is 5.21 Å². The fraction of sp³-hybridized carbons (Fsp3) is 0.750. The summed E-state index contributed by atoms with van der Waals surface area (Å²) in [6, 6.07) is 0. The Morgan fingerprint density at radius 1 is 1.56 bits per heavy atom. The van der Waals surface area contributed by atoms with Gasteiger partial charge in [-0.3, -0.25) is 0 Å². The molecule has 0 aliphatic rings. The van der Waals surface area contributed by atoms with Gasteiger partial charge in [0.1, 0.15) is 0 Å². The largest absolute Gasteiger partial charge is 0.395 e. The number of nitrogens with zero attached hydrogens (tertiary/aromatic N) is 4. The van der Waals surface area contributed by atoms with E-state index in [0.29, 0.717) is 10.8 Å². The molecule has 0 aliphatic heterocycles. The first-order valence-corrected chi connectivity index (χ1v) is 2.69. The fourth-order valence-electron chi connectivity index (χ4n) is 0.448. The van der Waals surface area contributed by atoms with Crippen LogP contribution in [0.25, 0.3) is 0 Å². The highest BCUT2D eigenvalue weighted by atomic mass is 16.5. The quantitative estimate of drug-likeness (QED) is 0.542. The maximum absolute atomic E-state index is 8.53. The molecular weight excluding hydrogens is 120 g/mol. The maximum atomic E-state index is 8.53. The van der Waals surface area contributed by atoms with Crippen molar-refractivity contribution >= 4 is 0 Å². The Hall–Kier alpha value is -1.13. The monoisotopic (exact) mass is 128 g/mol. The second-order valence-corrected chi connectivity index (χ2v) is 2.07. The van der Waals surface area contributed by atoms with Crippen LogP contribution in [0.15, 0.2) is 0 Å². The predicted octanol–water partition coefficient (Wildman–Crippen LogP) is 0.0338. The van der Waals surface area contributed by atoms with Crippen LogP contribution in [0.1, 0.15) is 25.6 Å². The lowest BCUT2D eigenvalue weighted by Crippen LogP contribution is -1.95. The van der Waals surface area contributed by atoms with Gasteiger partial charge in [0.25, 0.3) is 0 Å². The van der Waals surface area contributed by atoms with Gasteiger partial charge in [-0.1, -0.05) is 18.9 Å². The van der Waals surface area contributed by atoms with Gasteiger partial charge in [-0.15, -0.1) is 5.10 Å². The van der Waals surface area contributed by atoms with E-state index in [1.165, 1.54) is 0 Å². The lowest BCUT2D eigenvalue weighted by molar-refractivity contribution is 0.105. The molecule has 5 heteroatoms. The fourth-order valence-corrected chi connectivity index (χ4v) is 0.448. The zero-order valence-electron chi connectivity index (χ0n) is 5.31. The molecule has 1 aromatic rings. The molecule has 0 saturated heterocycles. The molecule has 0 fully saturated rings. The van der Waals surface area contributed by atoms with Crippen LogP contribution in [0.2, 0.25) is 0 Å². The topological polar surface area (TPSA) is 63.8 Å². The standard InChI is InChI=1S/C4H8N4O/c1-3(2)4-5-7-8(9)6-4/h3,9H,1-2H3. The maximum Gasteiger partial charge on any atom is 0.181 e. The van der Waals surface area contributed by atoms with Crippen LogP contribution in [-0.4, -0.2) is 25.6 Å². The summed E-state index contributed by atoms with van der Waals surface area (Å²) in [6.07, 6.45) is 0. The highest BCUT2D eigenvalue weighted by Gasteiger charge is 2.04. The average Bonchev–Trinajstić information content (AvgIpc) is 2.14. The van der Waals surface area contributed by atoms with Crippen molar-refractivity contribution in [2.45, 2.75) is 19.8 Å². The molecule has 0 spiro atoms. The lowest BCUT2D eigenvalue weighted by atomic mass is 10.2. The van der Waals surface area contributed by atoms with Crippen molar-refractivity contribution in [1.82, 2.24) is 20.4 Å². The lowest BCUT2D eigenvalue weighted by Gasteiger charge is -1.90. The second kappa shape index (κ2) is 2.00. The van der Waals surface area contributed by atoms with Crippen LogP contribution in [0.3, 0.4) is 0 Å². The SMILES string of the molecule is CC(C)c1nnn(O)n1. The Labute approximate surface area is 52.3 Å². The van der Waals surface area contributed by atoms with Crippen molar-refractivity contribution in [3.8, 4) is 0 Å². The van der Waals surface area contributed by atoms with Crippen molar-refractivity contribution in [2.24, 2.45) is 0 Å².